The number of aryl methyl sites for hydroxylation is 3. The third kappa shape index (κ3) is 3.22. The molecule has 0 aliphatic carbocycles. The fourth-order valence-electron chi connectivity index (χ4n) is 3.33. The van der Waals surface area contributed by atoms with Crippen LogP contribution in [0.2, 0.25) is 0 Å². The highest BCUT2D eigenvalue weighted by atomic mass is 16.5. The summed E-state index contributed by atoms with van der Waals surface area (Å²) >= 11 is 0. The highest BCUT2D eigenvalue weighted by Crippen LogP contribution is 2.30. The lowest BCUT2D eigenvalue weighted by Gasteiger charge is -2.29. The molecule has 112 valence electrons. The van der Waals surface area contributed by atoms with E-state index in [1.165, 1.54) is 28.7 Å². The van der Waals surface area contributed by atoms with Crippen molar-refractivity contribution in [3.8, 4) is 0 Å². The number of nitrogens with zero attached hydrogens (tertiary/aromatic N) is 1. The van der Waals surface area contributed by atoms with Crippen LogP contribution >= 0.6 is 0 Å². The van der Waals surface area contributed by atoms with E-state index in [2.05, 4.69) is 37.8 Å². The average Bonchev–Trinajstić information content (AvgIpc) is 2.85. The third-order valence-corrected chi connectivity index (χ3v) is 4.63. The standard InChI is InChI=1S/C17H28N2O/c1-12-7-14(3)16(8-13(12)2)17(9-18)19-6-5-15(10-19)11-20-4/h7-8,15,17H,5-6,9-11,18H2,1-4H3. The molecule has 1 aliphatic heterocycles. The van der Waals surface area contributed by atoms with Gasteiger partial charge in [-0.1, -0.05) is 12.1 Å². The van der Waals surface area contributed by atoms with E-state index in [9.17, 15) is 0 Å². The largest absolute Gasteiger partial charge is 0.384 e. The molecule has 0 saturated carbocycles. The Hall–Kier alpha value is -0.900. The van der Waals surface area contributed by atoms with Crippen molar-refractivity contribution in [1.82, 2.24) is 4.90 Å². The van der Waals surface area contributed by atoms with Crippen LogP contribution in [0.25, 0.3) is 0 Å². The minimum atomic E-state index is 0.344. The second kappa shape index (κ2) is 6.70. The van der Waals surface area contributed by atoms with Gasteiger partial charge in [0.15, 0.2) is 0 Å². The molecule has 1 aliphatic rings. The van der Waals surface area contributed by atoms with Gasteiger partial charge in [0.2, 0.25) is 0 Å². The van der Waals surface area contributed by atoms with Gasteiger partial charge < -0.3 is 10.5 Å². The van der Waals surface area contributed by atoms with E-state index >= 15 is 0 Å². The SMILES string of the molecule is COCC1CCN(C(CN)c2cc(C)c(C)cc2C)C1. The van der Waals surface area contributed by atoms with Gasteiger partial charge in [-0.15, -0.1) is 0 Å². The molecule has 0 amide bonds. The lowest BCUT2D eigenvalue weighted by Crippen LogP contribution is -2.33. The summed E-state index contributed by atoms with van der Waals surface area (Å²) in [6.45, 7) is 10.3. The van der Waals surface area contributed by atoms with Gasteiger partial charge in [-0.05, 0) is 61.9 Å². The van der Waals surface area contributed by atoms with Crippen LogP contribution in [0.3, 0.4) is 0 Å². The van der Waals surface area contributed by atoms with Crippen LogP contribution in [-0.4, -0.2) is 38.3 Å². The molecular formula is C17H28N2O. The van der Waals surface area contributed by atoms with Crippen LogP contribution < -0.4 is 5.73 Å². The van der Waals surface area contributed by atoms with Crippen molar-refractivity contribution in [2.75, 3.05) is 33.4 Å². The monoisotopic (exact) mass is 276 g/mol. The molecule has 3 nitrogen and oxygen atoms in total. The van der Waals surface area contributed by atoms with E-state index in [0.29, 0.717) is 18.5 Å². The van der Waals surface area contributed by atoms with E-state index < -0.39 is 0 Å². The summed E-state index contributed by atoms with van der Waals surface area (Å²) in [5, 5.41) is 0. The lowest BCUT2D eigenvalue weighted by molar-refractivity contribution is 0.147. The molecule has 0 spiro atoms. The van der Waals surface area contributed by atoms with Crippen molar-refractivity contribution in [2.45, 2.75) is 33.2 Å². The second-order valence-corrected chi connectivity index (χ2v) is 6.15. The number of hydrogen-bond acceptors (Lipinski definition) is 3. The highest BCUT2D eigenvalue weighted by molar-refractivity contribution is 5.38. The first-order valence-electron chi connectivity index (χ1n) is 7.57. The van der Waals surface area contributed by atoms with Gasteiger partial charge in [0.25, 0.3) is 0 Å². The number of rotatable bonds is 5. The Morgan fingerprint density at radius 3 is 2.60 bits per heavy atom. The van der Waals surface area contributed by atoms with Crippen molar-refractivity contribution < 1.29 is 4.74 Å². The molecule has 2 atom stereocenters. The molecule has 1 fully saturated rings. The number of ether oxygens (including phenoxy) is 1. The molecule has 0 aromatic heterocycles. The maximum absolute atomic E-state index is 6.09. The van der Waals surface area contributed by atoms with Gasteiger partial charge in [-0.2, -0.15) is 0 Å². The van der Waals surface area contributed by atoms with Crippen molar-refractivity contribution in [3.05, 3.63) is 34.4 Å². The molecule has 0 bridgehead atoms. The zero-order chi connectivity index (χ0) is 14.7. The summed E-state index contributed by atoms with van der Waals surface area (Å²) in [4.78, 5) is 2.53. The predicted molar refractivity (Wildman–Crippen MR) is 84.0 cm³/mol. The van der Waals surface area contributed by atoms with E-state index in [1.807, 2.05) is 0 Å². The Morgan fingerprint density at radius 2 is 1.95 bits per heavy atom. The highest BCUT2D eigenvalue weighted by Gasteiger charge is 2.29. The number of hydrogen-bond donors (Lipinski definition) is 1. The predicted octanol–water partition coefficient (Wildman–Crippen LogP) is 2.58. The van der Waals surface area contributed by atoms with Crippen LogP contribution in [0.5, 0.6) is 0 Å². The average molecular weight is 276 g/mol. The smallest absolute Gasteiger partial charge is 0.0503 e. The third-order valence-electron chi connectivity index (χ3n) is 4.63. The summed E-state index contributed by atoms with van der Waals surface area (Å²) in [6.07, 6.45) is 1.22. The Balaban J connectivity index is 2.19. The molecule has 0 radical (unpaired) electrons. The Morgan fingerprint density at radius 1 is 1.25 bits per heavy atom. The molecule has 1 aromatic carbocycles. The van der Waals surface area contributed by atoms with E-state index in [4.69, 9.17) is 10.5 Å². The molecule has 20 heavy (non-hydrogen) atoms. The number of nitrogens with two attached hydrogens (primary N) is 1. The lowest BCUT2D eigenvalue weighted by atomic mass is 9.95. The molecule has 3 heteroatoms. The van der Waals surface area contributed by atoms with Crippen LogP contribution in [0, 0.1) is 26.7 Å². The Kier molecular flexibility index (Phi) is 5.19. The van der Waals surface area contributed by atoms with Crippen molar-refractivity contribution in [2.24, 2.45) is 11.7 Å². The molecular weight excluding hydrogens is 248 g/mol. The van der Waals surface area contributed by atoms with E-state index in [0.717, 1.165) is 19.7 Å². The molecule has 2 rings (SSSR count). The first-order chi connectivity index (χ1) is 9.56. The van der Waals surface area contributed by atoms with E-state index in [1.54, 1.807) is 7.11 Å². The molecule has 1 aromatic rings. The molecule has 2 unspecified atom stereocenters. The maximum atomic E-state index is 6.09. The summed E-state index contributed by atoms with van der Waals surface area (Å²) in [5.74, 6) is 0.654. The first-order valence-corrected chi connectivity index (χ1v) is 7.57. The van der Waals surface area contributed by atoms with Gasteiger partial charge >= 0.3 is 0 Å². The van der Waals surface area contributed by atoms with Crippen LogP contribution in [0.4, 0.5) is 0 Å². The Labute approximate surface area is 123 Å². The summed E-state index contributed by atoms with van der Waals surface area (Å²) < 4.78 is 5.29. The summed E-state index contributed by atoms with van der Waals surface area (Å²) in [7, 11) is 1.79. The molecule has 2 N–H and O–H groups in total. The zero-order valence-corrected chi connectivity index (χ0v) is 13.3. The van der Waals surface area contributed by atoms with Crippen molar-refractivity contribution in [3.63, 3.8) is 0 Å². The van der Waals surface area contributed by atoms with Gasteiger partial charge in [0, 0.05) is 26.2 Å². The van der Waals surface area contributed by atoms with Gasteiger partial charge in [0.1, 0.15) is 0 Å². The van der Waals surface area contributed by atoms with Crippen molar-refractivity contribution >= 4 is 0 Å². The number of likely N-dealkylation sites (tertiary alicyclic amines) is 1. The molecule has 1 saturated heterocycles. The van der Waals surface area contributed by atoms with Gasteiger partial charge in [-0.3, -0.25) is 4.90 Å². The normalized spacial score (nSPS) is 21.4. The minimum Gasteiger partial charge on any atom is -0.384 e. The summed E-state index contributed by atoms with van der Waals surface area (Å²) in [6, 6.07) is 4.96. The summed E-state index contributed by atoms with van der Waals surface area (Å²) in [5.41, 5.74) is 11.6. The number of methoxy groups -OCH3 is 1. The van der Waals surface area contributed by atoms with Crippen LogP contribution in [0.15, 0.2) is 12.1 Å². The van der Waals surface area contributed by atoms with Crippen LogP contribution in [0.1, 0.15) is 34.7 Å². The number of benzene rings is 1. The topological polar surface area (TPSA) is 38.5 Å². The minimum absolute atomic E-state index is 0.344. The Bertz CT molecular complexity index is 459. The quantitative estimate of drug-likeness (QED) is 0.898. The fourth-order valence-corrected chi connectivity index (χ4v) is 3.33. The van der Waals surface area contributed by atoms with Gasteiger partial charge in [0.05, 0.1) is 6.61 Å². The second-order valence-electron chi connectivity index (χ2n) is 6.15. The first kappa shape index (κ1) is 15.5. The zero-order valence-electron chi connectivity index (χ0n) is 13.3. The fraction of sp³-hybridized carbons (Fsp3) is 0.647. The van der Waals surface area contributed by atoms with Crippen molar-refractivity contribution in [1.29, 1.82) is 0 Å². The maximum Gasteiger partial charge on any atom is 0.0503 e. The van der Waals surface area contributed by atoms with Crippen LogP contribution in [-0.2, 0) is 4.74 Å². The van der Waals surface area contributed by atoms with Gasteiger partial charge in [-0.25, -0.2) is 0 Å². The molecule has 1 heterocycles. The van der Waals surface area contributed by atoms with E-state index in [-0.39, 0.29) is 0 Å².